The third-order valence-corrected chi connectivity index (χ3v) is 0.660. The molecule has 0 spiro atoms. The summed E-state index contributed by atoms with van der Waals surface area (Å²) in [6, 6.07) is 0. The maximum Gasteiger partial charge on any atom is 0.544 e. The molecule has 0 amide bonds. The van der Waals surface area contributed by atoms with Crippen LogP contribution in [0.5, 0.6) is 0 Å². The molecule has 1 aliphatic rings. The van der Waals surface area contributed by atoms with Crippen LogP contribution < -0.4 is 0 Å². The second kappa shape index (κ2) is 2.37. The van der Waals surface area contributed by atoms with Crippen LogP contribution in [0.4, 0.5) is 13.2 Å². The molecule has 1 heterocycles. The van der Waals surface area contributed by atoms with Gasteiger partial charge in [-0.05, 0) is 0 Å². The lowest BCUT2D eigenvalue weighted by molar-refractivity contribution is -0.398. The fourth-order valence-electron chi connectivity index (χ4n) is 0.397. The van der Waals surface area contributed by atoms with Gasteiger partial charge in [0, 0.05) is 0 Å². The van der Waals surface area contributed by atoms with Gasteiger partial charge in [0.2, 0.25) is 0 Å². The van der Waals surface area contributed by atoms with E-state index in [1.54, 1.807) is 0 Å². The highest BCUT2D eigenvalue weighted by molar-refractivity contribution is 4.79. The number of halogens is 3. The van der Waals surface area contributed by atoms with Gasteiger partial charge in [0.1, 0.15) is 6.26 Å². The highest BCUT2D eigenvalue weighted by atomic mass is 19.4. The Morgan fingerprint density at radius 3 is 2.50 bits per heavy atom. The second-order valence-corrected chi connectivity index (χ2v) is 1.42. The van der Waals surface area contributed by atoms with Crippen molar-refractivity contribution in [1.29, 1.82) is 0 Å². The van der Waals surface area contributed by atoms with Gasteiger partial charge < -0.3 is 4.74 Å². The molecule has 0 aromatic carbocycles. The highest BCUT2D eigenvalue weighted by Crippen LogP contribution is 2.21. The third-order valence-electron chi connectivity index (χ3n) is 0.660. The Hall–Kier alpha value is -0.910. The number of alkyl halides is 3. The van der Waals surface area contributed by atoms with Crippen molar-refractivity contribution >= 4 is 0 Å². The van der Waals surface area contributed by atoms with E-state index >= 15 is 0 Å². The Morgan fingerprint density at radius 2 is 2.10 bits per heavy atom. The molecule has 3 nitrogen and oxygen atoms in total. The molecule has 0 fully saturated rings. The maximum absolute atomic E-state index is 11.3. The lowest BCUT2D eigenvalue weighted by Gasteiger charge is -2.13. The van der Waals surface area contributed by atoms with Gasteiger partial charge in [0.05, 0.1) is 6.20 Å². The summed E-state index contributed by atoms with van der Waals surface area (Å²) in [4.78, 5) is 3.36. The Bertz CT molecular complexity index is 144. The molecular weight excluding hydrogens is 151 g/mol. The van der Waals surface area contributed by atoms with Crippen LogP contribution in [0.3, 0.4) is 0 Å². The summed E-state index contributed by atoms with van der Waals surface area (Å²) in [6.45, 7) is 0.785. The molecule has 6 heteroatoms. The third kappa shape index (κ3) is 2.14. The first-order valence-electron chi connectivity index (χ1n) is 2.27. The molecule has 0 saturated heterocycles. The normalized spacial score (nSPS) is 17.7. The molecule has 0 aromatic heterocycles. The molecule has 1 aliphatic heterocycles. The van der Waals surface area contributed by atoms with E-state index in [-0.39, 0.29) is 0 Å². The summed E-state index contributed by atoms with van der Waals surface area (Å²) >= 11 is 0. The fourth-order valence-corrected chi connectivity index (χ4v) is 0.397. The van der Waals surface area contributed by atoms with Crippen LogP contribution in [0.25, 0.3) is 0 Å². The van der Waals surface area contributed by atoms with E-state index in [9.17, 15) is 13.2 Å². The van der Waals surface area contributed by atoms with Gasteiger partial charge >= 0.3 is 6.36 Å². The van der Waals surface area contributed by atoms with Crippen LogP contribution in [0.15, 0.2) is 12.5 Å². The molecule has 1 radical (unpaired) electrons. The van der Waals surface area contributed by atoms with Crippen molar-refractivity contribution in [2.24, 2.45) is 0 Å². The number of rotatable bonds is 1. The van der Waals surface area contributed by atoms with Crippen LogP contribution in [-0.2, 0) is 9.57 Å². The van der Waals surface area contributed by atoms with Gasteiger partial charge in [-0.2, -0.15) is 4.84 Å². The standard InChI is InChI=1S/C4H3F3NO2/c5-4(6,7)10-8-1-2-9-3-8/h1-3H. The number of hydroxylamine groups is 2. The zero-order valence-corrected chi connectivity index (χ0v) is 4.63. The highest BCUT2D eigenvalue weighted by Gasteiger charge is 2.33. The molecule has 57 valence electrons. The lowest BCUT2D eigenvalue weighted by Crippen LogP contribution is -2.23. The zero-order valence-electron chi connectivity index (χ0n) is 4.63. The predicted octanol–water partition coefficient (Wildman–Crippen LogP) is 1.36. The van der Waals surface area contributed by atoms with E-state index in [2.05, 4.69) is 9.57 Å². The van der Waals surface area contributed by atoms with Crippen LogP contribution in [0, 0.1) is 6.73 Å². The van der Waals surface area contributed by atoms with E-state index < -0.39 is 6.36 Å². The molecule has 1 rings (SSSR count). The maximum atomic E-state index is 11.3. The summed E-state index contributed by atoms with van der Waals surface area (Å²) in [5.41, 5.74) is 0. The summed E-state index contributed by atoms with van der Waals surface area (Å²) in [5, 5.41) is 0.417. The van der Waals surface area contributed by atoms with Crippen molar-refractivity contribution < 1.29 is 22.7 Å². The molecule has 0 bridgehead atoms. The minimum Gasteiger partial charge on any atom is -0.468 e. The van der Waals surface area contributed by atoms with Gasteiger partial charge in [-0.1, -0.05) is 0 Å². The predicted molar refractivity (Wildman–Crippen MR) is 23.5 cm³/mol. The number of nitrogens with zero attached hydrogens (tertiary/aromatic N) is 1. The number of hydrogen-bond acceptors (Lipinski definition) is 3. The number of hydrogen-bond donors (Lipinski definition) is 0. The van der Waals surface area contributed by atoms with Crippen molar-refractivity contribution in [3.63, 3.8) is 0 Å². The van der Waals surface area contributed by atoms with Gasteiger partial charge in [-0.3, -0.25) is 0 Å². The zero-order chi connectivity index (χ0) is 7.61. The van der Waals surface area contributed by atoms with E-state index in [4.69, 9.17) is 0 Å². The van der Waals surface area contributed by atoms with Gasteiger partial charge in [0.25, 0.3) is 6.73 Å². The van der Waals surface area contributed by atoms with Crippen molar-refractivity contribution in [3.8, 4) is 0 Å². The summed E-state index contributed by atoms with van der Waals surface area (Å²) in [6.07, 6.45) is -2.62. The molecule has 10 heavy (non-hydrogen) atoms. The Morgan fingerprint density at radius 1 is 1.40 bits per heavy atom. The monoisotopic (exact) mass is 154 g/mol. The molecule has 0 N–H and O–H groups in total. The second-order valence-electron chi connectivity index (χ2n) is 1.42. The summed E-state index contributed by atoms with van der Waals surface area (Å²) in [7, 11) is 0. The molecule has 0 atom stereocenters. The lowest BCUT2D eigenvalue weighted by atomic mass is 11.0. The average molecular weight is 154 g/mol. The first-order valence-corrected chi connectivity index (χ1v) is 2.27. The minimum atomic E-state index is -4.67. The van der Waals surface area contributed by atoms with Crippen molar-refractivity contribution in [2.45, 2.75) is 6.36 Å². The average Bonchev–Trinajstić information content (AvgIpc) is 2.12. The molecule has 0 saturated carbocycles. The summed E-state index contributed by atoms with van der Waals surface area (Å²) < 4.78 is 38.3. The molecular formula is C4H3F3NO2. The minimum absolute atomic E-state index is 0.417. The van der Waals surface area contributed by atoms with Gasteiger partial charge in [0.15, 0.2) is 0 Å². The summed E-state index contributed by atoms with van der Waals surface area (Å²) in [5.74, 6) is 0. The van der Waals surface area contributed by atoms with Crippen LogP contribution in [0.1, 0.15) is 0 Å². The molecule has 0 unspecified atom stereocenters. The van der Waals surface area contributed by atoms with E-state index in [1.165, 1.54) is 0 Å². The largest absolute Gasteiger partial charge is 0.544 e. The van der Waals surface area contributed by atoms with E-state index in [1.807, 2.05) is 0 Å². The first-order chi connectivity index (χ1) is 4.58. The smallest absolute Gasteiger partial charge is 0.468 e. The molecule has 0 aliphatic carbocycles. The van der Waals surface area contributed by atoms with Crippen molar-refractivity contribution in [2.75, 3.05) is 0 Å². The molecule has 0 aromatic rings. The van der Waals surface area contributed by atoms with Crippen molar-refractivity contribution in [1.82, 2.24) is 5.06 Å². The van der Waals surface area contributed by atoms with E-state index in [0.717, 1.165) is 19.2 Å². The van der Waals surface area contributed by atoms with Crippen LogP contribution >= 0.6 is 0 Å². The number of ether oxygens (including phenoxy) is 1. The first kappa shape index (κ1) is 7.20. The van der Waals surface area contributed by atoms with Crippen molar-refractivity contribution in [3.05, 3.63) is 19.2 Å². The topological polar surface area (TPSA) is 21.7 Å². The SMILES string of the molecule is FC(F)(F)ON1[CH]OC=C1. The Balaban J connectivity index is 2.31. The van der Waals surface area contributed by atoms with Crippen LogP contribution in [0.2, 0.25) is 0 Å². The van der Waals surface area contributed by atoms with Gasteiger partial charge in [-0.25, -0.2) is 5.06 Å². The Kier molecular flexibility index (Phi) is 1.71. The van der Waals surface area contributed by atoms with Crippen LogP contribution in [-0.4, -0.2) is 11.4 Å². The van der Waals surface area contributed by atoms with E-state index in [0.29, 0.717) is 5.06 Å². The van der Waals surface area contributed by atoms with Gasteiger partial charge in [-0.15, -0.1) is 13.2 Å². The Labute approximate surface area is 54.6 Å². The quantitative estimate of drug-likeness (QED) is 0.569. The fraction of sp³-hybridized carbons (Fsp3) is 0.250.